The number of carbonyl (C=O) groups excluding carboxylic acids is 1. The predicted molar refractivity (Wildman–Crippen MR) is 57.8 cm³/mol. The molecule has 1 aliphatic rings. The molecule has 0 fully saturated rings. The van der Waals surface area contributed by atoms with Crippen LogP contribution in [0.2, 0.25) is 0 Å². The van der Waals surface area contributed by atoms with Crippen molar-refractivity contribution in [2.24, 2.45) is 5.92 Å². The van der Waals surface area contributed by atoms with Crippen molar-refractivity contribution >= 4 is 11.9 Å². The van der Waals surface area contributed by atoms with Crippen LogP contribution >= 0.6 is 0 Å². The molecule has 1 atom stereocenters. The molecule has 1 aromatic carbocycles. The minimum absolute atomic E-state index is 0.454. The minimum Gasteiger partial charge on any atom is -0.303 e. The molecule has 1 aromatic rings. The summed E-state index contributed by atoms with van der Waals surface area (Å²) in [6.07, 6.45) is 6.21. The molecule has 1 aliphatic carbocycles. The first-order valence-electron chi connectivity index (χ1n) is 5.11. The van der Waals surface area contributed by atoms with E-state index in [0.29, 0.717) is 12.3 Å². The first-order valence-corrected chi connectivity index (χ1v) is 5.11. The van der Waals surface area contributed by atoms with Gasteiger partial charge in [0, 0.05) is 6.42 Å². The lowest BCUT2D eigenvalue weighted by molar-refractivity contribution is -0.108. The quantitative estimate of drug-likeness (QED) is 0.663. The van der Waals surface area contributed by atoms with Crippen LogP contribution in [0.1, 0.15) is 24.8 Å². The van der Waals surface area contributed by atoms with E-state index in [9.17, 15) is 4.79 Å². The van der Waals surface area contributed by atoms with Gasteiger partial charge in [0.2, 0.25) is 0 Å². The number of rotatable bonds is 3. The second kappa shape index (κ2) is 4.23. The third kappa shape index (κ3) is 1.77. The molecule has 1 nitrogen and oxygen atoms in total. The number of allylic oxidation sites excluding steroid dienone is 2. The predicted octanol–water partition coefficient (Wildman–Crippen LogP) is 3.07. The average Bonchev–Trinajstić information content (AvgIpc) is 2.68. The second-order valence-electron chi connectivity index (χ2n) is 3.70. The first-order chi connectivity index (χ1) is 6.92. The highest BCUT2D eigenvalue weighted by atomic mass is 16.1. The van der Waals surface area contributed by atoms with Crippen molar-refractivity contribution in [3.63, 3.8) is 0 Å². The Morgan fingerprint density at radius 3 is 2.79 bits per heavy atom. The van der Waals surface area contributed by atoms with E-state index in [0.717, 1.165) is 19.1 Å². The maximum atomic E-state index is 10.5. The normalized spacial score (nSPS) is 20.6. The second-order valence-corrected chi connectivity index (χ2v) is 3.70. The zero-order valence-electron chi connectivity index (χ0n) is 8.15. The van der Waals surface area contributed by atoms with E-state index in [1.54, 1.807) is 0 Å². The topological polar surface area (TPSA) is 17.1 Å². The van der Waals surface area contributed by atoms with Crippen LogP contribution in [0.25, 0.3) is 5.57 Å². The number of aldehydes is 1. The van der Waals surface area contributed by atoms with Gasteiger partial charge in [-0.05, 0) is 29.9 Å². The number of hydrogen-bond acceptors (Lipinski definition) is 1. The molecule has 72 valence electrons. The van der Waals surface area contributed by atoms with Gasteiger partial charge in [-0.3, -0.25) is 0 Å². The fraction of sp³-hybridized carbons (Fsp3) is 0.308. The standard InChI is InChI=1S/C13H14O/c14-10-9-12-7-4-8-13(12)11-5-2-1-3-6-11/h1-3,5-6,8,10,12H,4,7,9H2/t12-/m0/s1. The molecule has 0 bridgehead atoms. The van der Waals surface area contributed by atoms with Crippen LogP contribution in [-0.4, -0.2) is 6.29 Å². The van der Waals surface area contributed by atoms with Crippen LogP contribution < -0.4 is 0 Å². The van der Waals surface area contributed by atoms with Crippen LogP contribution in [0.3, 0.4) is 0 Å². The molecule has 0 spiro atoms. The molecule has 0 N–H and O–H groups in total. The molecule has 0 amide bonds. The van der Waals surface area contributed by atoms with Crippen molar-refractivity contribution in [3.05, 3.63) is 42.0 Å². The molecule has 14 heavy (non-hydrogen) atoms. The van der Waals surface area contributed by atoms with E-state index >= 15 is 0 Å². The van der Waals surface area contributed by atoms with E-state index in [4.69, 9.17) is 0 Å². The lowest BCUT2D eigenvalue weighted by Gasteiger charge is -2.11. The van der Waals surface area contributed by atoms with Gasteiger partial charge in [-0.2, -0.15) is 0 Å². The van der Waals surface area contributed by atoms with E-state index in [1.807, 2.05) is 18.2 Å². The zero-order chi connectivity index (χ0) is 9.80. The fourth-order valence-corrected chi connectivity index (χ4v) is 2.11. The number of carbonyl (C=O) groups is 1. The van der Waals surface area contributed by atoms with Crippen LogP contribution in [-0.2, 0) is 4.79 Å². The maximum Gasteiger partial charge on any atom is 0.120 e. The number of hydrogen-bond donors (Lipinski definition) is 0. The smallest absolute Gasteiger partial charge is 0.120 e. The molecule has 2 rings (SSSR count). The van der Waals surface area contributed by atoms with Crippen molar-refractivity contribution in [3.8, 4) is 0 Å². The van der Waals surface area contributed by atoms with Gasteiger partial charge in [0.1, 0.15) is 6.29 Å². The SMILES string of the molecule is O=CC[C@@H]1CCC=C1c1ccccc1. The van der Waals surface area contributed by atoms with Gasteiger partial charge < -0.3 is 4.79 Å². The molecule has 0 aromatic heterocycles. The van der Waals surface area contributed by atoms with Crippen molar-refractivity contribution in [2.75, 3.05) is 0 Å². The van der Waals surface area contributed by atoms with E-state index in [-0.39, 0.29) is 0 Å². The maximum absolute atomic E-state index is 10.5. The largest absolute Gasteiger partial charge is 0.303 e. The van der Waals surface area contributed by atoms with Crippen LogP contribution in [0.15, 0.2) is 36.4 Å². The monoisotopic (exact) mass is 186 g/mol. The molecule has 0 radical (unpaired) electrons. The van der Waals surface area contributed by atoms with Gasteiger partial charge in [0.15, 0.2) is 0 Å². The molecule has 0 heterocycles. The van der Waals surface area contributed by atoms with Crippen LogP contribution in [0, 0.1) is 5.92 Å². The van der Waals surface area contributed by atoms with Crippen LogP contribution in [0.5, 0.6) is 0 Å². The molecule has 0 saturated heterocycles. The van der Waals surface area contributed by atoms with Gasteiger partial charge in [-0.15, -0.1) is 0 Å². The van der Waals surface area contributed by atoms with Crippen molar-refractivity contribution < 1.29 is 4.79 Å². The highest BCUT2D eigenvalue weighted by Gasteiger charge is 2.19. The van der Waals surface area contributed by atoms with Gasteiger partial charge >= 0.3 is 0 Å². The minimum atomic E-state index is 0.454. The fourth-order valence-electron chi connectivity index (χ4n) is 2.11. The summed E-state index contributed by atoms with van der Waals surface area (Å²) in [5, 5.41) is 0. The third-order valence-corrected chi connectivity index (χ3v) is 2.81. The summed E-state index contributed by atoms with van der Waals surface area (Å²) in [4.78, 5) is 10.5. The highest BCUT2D eigenvalue weighted by Crippen LogP contribution is 2.35. The third-order valence-electron chi connectivity index (χ3n) is 2.81. The summed E-state index contributed by atoms with van der Waals surface area (Å²) in [6.45, 7) is 0. The molecule has 0 unspecified atom stereocenters. The Labute approximate surface area is 84.5 Å². The summed E-state index contributed by atoms with van der Waals surface area (Å²) in [7, 11) is 0. The van der Waals surface area contributed by atoms with Gasteiger partial charge in [0.25, 0.3) is 0 Å². The average molecular weight is 186 g/mol. The Hall–Kier alpha value is -1.37. The van der Waals surface area contributed by atoms with Crippen molar-refractivity contribution in [2.45, 2.75) is 19.3 Å². The van der Waals surface area contributed by atoms with E-state index in [1.165, 1.54) is 11.1 Å². The highest BCUT2D eigenvalue weighted by molar-refractivity contribution is 5.71. The van der Waals surface area contributed by atoms with E-state index < -0.39 is 0 Å². The Morgan fingerprint density at radius 1 is 1.29 bits per heavy atom. The van der Waals surface area contributed by atoms with Gasteiger partial charge in [-0.25, -0.2) is 0 Å². The van der Waals surface area contributed by atoms with Gasteiger partial charge in [-0.1, -0.05) is 36.4 Å². The zero-order valence-corrected chi connectivity index (χ0v) is 8.15. The summed E-state index contributed by atoms with van der Waals surface area (Å²) >= 11 is 0. The molecule has 1 heteroatoms. The Kier molecular flexibility index (Phi) is 2.78. The lowest BCUT2D eigenvalue weighted by atomic mass is 9.93. The molecule has 0 saturated carbocycles. The molecular formula is C13H14O. The Morgan fingerprint density at radius 2 is 2.07 bits per heavy atom. The molecular weight excluding hydrogens is 172 g/mol. The lowest BCUT2D eigenvalue weighted by Crippen LogP contribution is -1.99. The van der Waals surface area contributed by atoms with Crippen molar-refractivity contribution in [1.29, 1.82) is 0 Å². The Bertz CT molecular complexity index is 338. The summed E-state index contributed by atoms with van der Waals surface area (Å²) in [6, 6.07) is 10.4. The van der Waals surface area contributed by atoms with Crippen LogP contribution in [0.4, 0.5) is 0 Å². The van der Waals surface area contributed by atoms with E-state index in [2.05, 4.69) is 18.2 Å². The first kappa shape index (κ1) is 9.20. The van der Waals surface area contributed by atoms with Gasteiger partial charge in [0.05, 0.1) is 0 Å². The summed E-state index contributed by atoms with van der Waals surface area (Å²) < 4.78 is 0. The Balaban J connectivity index is 2.22. The summed E-state index contributed by atoms with van der Waals surface area (Å²) in [5.41, 5.74) is 2.63. The molecule has 0 aliphatic heterocycles. The summed E-state index contributed by atoms with van der Waals surface area (Å²) in [5.74, 6) is 0.454. The number of benzene rings is 1. The van der Waals surface area contributed by atoms with Crippen molar-refractivity contribution in [1.82, 2.24) is 0 Å².